The van der Waals surface area contributed by atoms with Gasteiger partial charge in [-0.05, 0) is 12.1 Å². The maximum atomic E-state index is 8.65. The Labute approximate surface area is 77.0 Å². The van der Waals surface area contributed by atoms with Crippen LogP contribution in [0.25, 0.3) is 0 Å². The van der Waals surface area contributed by atoms with Crippen molar-refractivity contribution in [2.24, 2.45) is 0 Å². The Bertz CT molecular complexity index is 318. The van der Waals surface area contributed by atoms with Gasteiger partial charge in [-0.1, -0.05) is 12.1 Å². The molecule has 4 heteroatoms. The molecule has 0 bridgehead atoms. The van der Waals surface area contributed by atoms with Gasteiger partial charge in [-0.15, -0.1) is 12.4 Å². The minimum absolute atomic E-state index is 0. The summed E-state index contributed by atoms with van der Waals surface area (Å²) in [6, 6.07) is 7.77. The van der Waals surface area contributed by atoms with Gasteiger partial charge in [-0.2, -0.15) is 5.26 Å². The molecule has 1 aliphatic heterocycles. The van der Waals surface area contributed by atoms with Crippen LogP contribution in [-0.4, -0.2) is 6.67 Å². The van der Waals surface area contributed by atoms with E-state index in [1.807, 2.05) is 24.3 Å². The van der Waals surface area contributed by atoms with Crippen molar-refractivity contribution in [1.29, 1.82) is 5.26 Å². The van der Waals surface area contributed by atoms with Crippen LogP contribution in [0.2, 0.25) is 0 Å². The molecule has 12 heavy (non-hydrogen) atoms. The summed E-state index contributed by atoms with van der Waals surface area (Å²) in [6.45, 7) is 0.593. The fourth-order valence-corrected chi connectivity index (χ4v) is 1.20. The summed E-state index contributed by atoms with van der Waals surface area (Å²) < 4.78 is 0. The van der Waals surface area contributed by atoms with E-state index < -0.39 is 0 Å². The number of nitrogens with zero attached hydrogens (tertiary/aromatic N) is 2. The van der Waals surface area contributed by atoms with E-state index in [0.717, 1.165) is 11.4 Å². The number of hydrogen-bond acceptors (Lipinski definition) is 3. The van der Waals surface area contributed by atoms with Gasteiger partial charge in [-0.3, -0.25) is 4.90 Å². The molecule has 0 atom stereocenters. The Morgan fingerprint density at radius 2 is 2.17 bits per heavy atom. The van der Waals surface area contributed by atoms with Crippen LogP contribution in [0, 0.1) is 11.5 Å². The highest BCUT2D eigenvalue weighted by molar-refractivity contribution is 5.85. The number of hydrogen-bond donors (Lipinski definition) is 1. The van der Waals surface area contributed by atoms with Gasteiger partial charge < -0.3 is 5.32 Å². The Balaban J connectivity index is 0.000000720. The predicted octanol–water partition coefficient (Wildman–Crippen LogP) is 1.78. The maximum absolute atomic E-state index is 8.65. The van der Waals surface area contributed by atoms with Gasteiger partial charge in [0, 0.05) is 0 Å². The third-order valence-corrected chi connectivity index (χ3v) is 1.74. The average molecular weight is 182 g/mol. The normalized spacial score (nSPS) is 12.4. The molecule has 1 aromatic carbocycles. The quantitative estimate of drug-likeness (QED) is 0.621. The topological polar surface area (TPSA) is 39.1 Å². The van der Waals surface area contributed by atoms with Crippen molar-refractivity contribution in [3.63, 3.8) is 0 Å². The number of nitrogens with one attached hydrogen (secondary N) is 1. The standard InChI is InChI=1S/C8H7N3.ClH/c9-5-11-6-10-7-3-1-2-4-8(7)11;/h1-4,10H,6H2;1H. The molecule has 0 aliphatic carbocycles. The summed E-state index contributed by atoms with van der Waals surface area (Å²) in [5.41, 5.74) is 2.00. The first-order chi connectivity index (χ1) is 5.42. The van der Waals surface area contributed by atoms with Crippen LogP contribution < -0.4 is 10.2 Å². The maximum Gasteiger partial charge on any atom is 0.186 e. The zero-order chi connectivity index (χ0) is 7.68. The second-order valence-electron chi connectivity index (χ2n) is 2.38. The molecule has 3 nitrogen and oxygen atoms in total. The van der Waals surface area contributed by atoms with Crippen LogP contribution in [0.3, 0.4) is 0 Å². The number of rotatable bonds is 0. The molecule has 0 aromatic heterocycles. The lowest BCUT2D eigenvalue weighted by Gasteiger charge is -2.03. The smallest absolute Gasteiger partial charge is 0.186 e. The van der Waals surface area contributed by atoms with Crippen molar-refractivity contribution in [2.75, 3.05) is 16.9 Å². The largest absolute Gasteiger partial charge is 0.365 e. The van der Waals surface area contributed by atoms with Crippen molar-refractivity contribution in [1.82, 2.24) is 0 Å². The predicted molar refractivity (Wildman–Crippen MR) is 50.3 cm³/mol. The van der Waals surface area contributed by atoms with Gasteiger partial charge in [0.05, 0.1) is 11.4 Å². The fourth-order valence-electron chi connectivity index (χ4n) is 1.20. The Morgan fingerprint density at radius 1 is 1.42 bits per heavy atom. The fraction of sp³-hybridized carbons (Fsp3) is 0.125. The zero-order valence-corrected chi connectivity index (χ0v) is 7.14. The highest BCUT2D eigenvalue weighted by Gasteiger charge is 2.15. The molecule has 0 amide bonds. The van der Waals surface area contributed by atoms with E-state index in [1.165, 1.54) is 0 Å². The van der Waals surface area contributed by atoms with E-state index in [2.05, 4.69) is 11.5 Å². The van der Waals surface area contributed by atoms with Crippen LogP contribution in [0.15, 0.2) is 24.3 Å². The molecule has 1 aliphatic rings. The van der Waals surface area contributed by atoms with E-state index in [0.29, 0.717) is 6.67 Å². The summed E-state index contributed by atoms with van der Waals surface area (Å²) in [6.07, 6.45) is 2.09. The lowest BCUT2D eigenvalue weighted by molar-refractivity contribution is 1.10. The third kappa shape index (κ3) is 1.17. The molecule has 1 heterocycles. The highest BCUT2D eigenvalue weighted by atomic mass is 35.5. The number of benzene rings is 1. The van der Waals surface area contributed by atoms with Crippen molar-refractivity contribution in [3.8, 4) is 6.19 Å². The molecule has 62 valence electrons. The molecular formula is C8H8ClN3. The molecular weight excluding hydrogens is 174 g/mol. The molecule has 1 aromatic rings. The second-order valence-corrected chi connectivity index (χ2v) is 2.38. The molecule has 1 N–H and O–H groups in total. The molecule has 0 unspecified atom stereocenters. The summed E-state index contributed by atoms with van der Waals surface area (Å²) >= 11 is 0. The van der Waals surface area contributed by atoms with Gasteiger partial charge in [0.1, 0.15) is 6.67 Å². The molecule has 0 saturated carbocycles. The first kappa shape index (κ1) is 8.69. The van der Waals surface area contributed by atoms with Gasteiger partial charge in [0.25, 0.3) is 0 Å². The van der Waals surface area contributed by atoms with E-state index >= 15 is 0 Å². The van der Waals surface area contributed by atoms with E-state index in [-0.39, 0.29) is 12.4 Å². The number of anilines is 2. The molecule has 2 rings (SSSR count). The van der Waals surface area contributed by atoms with Crippen LogP contribution in [0.4, 0.5) is 11.4 Å². The Hall–Kier alpha value is -1.40. The van der Waals surface area contributed by atoms with Crippen molar-refractivity contribution in [2.45, 2.75) is 0 Å². The summed E-state index contributed by atoms with van der Waals surface area (Å²) in [7, 11) is 0. The third-order valence-electron chi connectivity index (χ3n) is 1.74. The Kier molecular flexibility index (Phi) is 2.41. The summed E-state index contributed by atoms with van der Waals surface area (Å²) in [5, 5.41) is 11.8. The van der Waals surface area contributed by atoms with Crippen molar-refractivity contribution < 1.29 is 0 Å². The van der Waals surface area contributed by atoms with Crippen molar-refractivity contribution in [3.05, 3.63) is 24.3 Å². The van der Waals surface area contributed by atoms with Crippen LogP contribution in [0.5, 0.6) is 0 Å². The number of fused-ring (bicyclic) bond motifs is 1. The lowest BCUT2D eigenvalue weighted by atomic mass is 10.3. The molecule has 0 saturated heterocycles. The monoisotopic (exact) mass is 181 g/mol. The number of para-hydroxylation sites is 2. The number of nitriles is 1. The number of halogens is 1. The van der Waals surface area contributed by atoms with Gasteiger partial charge >= 0.3 is 0 Å². The summed E-state index contributed by atoms with van der Waals surface area (Å²) in [4.78, 5) is 1.62. The first-order valence-corrected chi connectivity index (χ1v) is 3.42. The second kappa shape index (κ2) is 3.33. The first-order valence-electron chi connectivity index (χ1n) is 3.42. The van der Waals surface area contributed by atoms with Crippen LogP contribution in [0.1, 0.15) is 0 Å². The highest BCUT2D eigenvalue weighted by Crippen LogP contribution is 2.29. The summed E-state index contributed by atoms with van der Waals surface area (Å²) in [5.74, 6) is 0. The minimum atomic E-state index is 0. The van der Waals surface area contributed by atoms with E-state index in [9.17, 15) is 0 Å². The average Bonchev–Trinajstić information content (AvgIpc) is 2.47. The van der Waals surface area contributed by atoms with Gasteiger partial charge in [-0.25, -0.2) is 0 Å². The lowest BCUT2D eigenvalue weighted by Crippen LogP contribution is -2.15. The van der Waals surface area contributed by atoms with Gasteiger partial charge in [0.15, 0.2) is 6.19 Å². The molecule has 0 spiro atoms. The molecule has 0 radical (unpaired) electrons. The Morgan fingerprint density at radius 3 is 2.92 bits per heavy atom. The van der Waals surface area contributed by atoms with Gasteiger partial charge in [0.2, 0.25) is 0 Å². The van der Waals surface area contributed by atoms with E-state index in [4.69, 9.17) is 5.26 Å². The van der Waals surface area contributed by atoms with E-state index in [1.54, 1.807) is 4.90 Å². The molecule has 0 fully saturated rings. The van der Waals surface area contributed by atoms with Crippen LogP contribution in [-0.2, 0) is 0 Å². The zero-order valence-electron chi connectivity index (χ0n) is 6.32. The SMILES string of the molecule is Cl.N#CN1CNc2ccccc21. The van der Waals surface area contributed by atoms with Crippen LogP contribution >= 0.6 is 12.4 Å². The minimum Gasteiger partial charge on any atom is -0.365 e. The van der Waals surface area contributed by atoms with Crippen molar-refractivity contribution >= 4 is 23.8 Å².